The van der Waals surface area contributed by atoms with Gasteiger partial charge in [0.25, 0.3) is 0 Å². The largest absolute Gasteiger partial charge is 0.228 e. The van der Waals surface area contributed by atoms with Gasteiger partial charge in [-0.15, -0.1) is 11.3 Å². The number of thiazole rings is 1. The third-order valence-electron chi connectivity index (χ3n) is 2.36. The average molecular weight is 236 g/mol. The van der Waals surface area contributed by atoms with E-state index in [2.05, 4.69) is 30.1 Å². The number of hydrogen-bond donors (Lipinski definition) is 0. The first-order chi connectivity index (χ1) is 7.35. The van der Waals surface area contributed by atoms with Crippen LogP contribution in [-0.2, 0) is 6.42 Å². The molecule has 0 aliphatic heterocycles. The van der Waals surface area contributed by atoms with Crippen molar-refractivity contribution in [2.75, 3.05) is 0 Å². The molecule has 4 heteroatoms. The summed E-state index contributed by atoms with van der Waals surface area (Å²) in [4.78, 5) is 4.42. The Kier molecular flexibility index (Phi) is 3.61. The van der Waals surface area contributed by atoms with Gasteiger partial charge in [-0.2, -0.15) is 0 Å². The minimum absolute atomic E-state index is 0.731. The van der Waals surface area contributed by atoms with Crippen LogP contribution in [0.2, 0.25) is 0 Å². The van der Waals surface area contributed by atoms with Crippen molar-refractivity contribution in [2.45, 2.75) is 30.5 Å². The predicted octanol–water partition coefficient (Wildman–Crippen LogP) is 3.71. The zero-order valence-electron chi connectivity index (χ0n) is 8.56. The van der Waals surface area contributed by atoms with Crippen molar-refractivity contribution < 1.29 is 0 Å². The summed E-state index contributed by atoms with van der Waals surface area (Å²) in [5, 5.41) is 8.97. The number of hydrogen-bond acceptors (Lipinski definition) is 3. The second kappa shape index (κ2) is 4.96. The lowest BCUT2D eigenvalue weighted by Crippen LogP contribution is -1.86. The molecule has 2 rings (SSSR count). The smallest absolute Gasteiger partial charge is 0.169 e. The van der Waals surface area contributed by atoms with Gasteiger partial charge < -0.3 is 0 Å². The van der Waals surface area contributed by atoms with Crippen LogP contribution in [0.4, 0.5) is 0 Å². The molecule has 0 amide bonds. The summed E-state index contributed by atoms with van der Waals surface area (Å²) in [6.07, 6.45) is 3.47. The fourth-order valence-corrected chi connectivity index (χ4v) is 2.89. The average Bonchev–Trinajstić information content (AvgIpc) is 2.69. The lowest BCUT2D eigenvalue weighted by Gasteiger charge is -1.99. The summed E-state index contributed by atoms with van der Waals surface area (Å²) in [5.74, 6) is 0. The predicted molar refractivity (Wildman–Crippen MR) is 66.2 cm³/mol. The van der Waals surface area contributed by atoms with Crippen LogP contribution in [0.3, 0.4) is 0 Å². The molecule has 1 aromatic carbocycles. The Morgan fingerprint density at radius 2 is 2.33 bits per heavy atom. The van der Waals surface area contributed by atoms with Crippen molar-refractivity contribution in [2.24, 2.45) is 0 Å². The van der Waals surface area contributed by atoms with Gasteiger partial charge in [-0.05, 0) is 24.5 Å². The standard InChI is InChI=1S/C11H12N2S2/c1-2-3-5-8-6-4-7-9-10(8)13-11(14-9)15-12/h4,6-7H,2-3,5H2,1H3. The lowest BCUT2D eigenvalue weighted by atomic mass is 10.1. The molecule has 0 spiro atoms. The molecular weight excluding hydrogens is 224 g/mol. The molecule has 0 N–H and O–H groups in total. The van der Waals surface area contributed by atoms with E-state index in [0.29, 0.717) is 0 Å². The molecule has 2 nitrogen and oxygen atoms in total. The fraction of sp³-hybridized carbons (Fsp3) is 0.364. The van der Waals surface area contributed by atoms with E-state index in [1.54, 1.807) is 11.3 Å². The molecule has 0 fully saturated rings. The summed E-state index contributed by atoms with van der Waals surface area (Å²) in [6, 6.07) is 6.25. The molecule has 0 saturated carbocycles. The number of aromatic nitrogens is 1. The number of nitrogens with zero attached hydrogens (tertiary/aromatic N) is 2. The maximum Gasteiger partial charge on any atom is 0.169 e. The molecule has 0 aliphatic rings. The normalized spacial score (nSPS) is 11.1. The summed E-state index contributed by atoms with van der Waals surface area (Å²) in [6.45, 7) is 2.19. The minimum Gasteiger partial charge on any atom is -0.228 e. The first-order valence-electron chi connectivity index (χ1n) is 5.05. The molecule has 0 bridgehead atoms. The van der Waals surface area contributed by atoms with Gasteiger partial charge in [-0.1, -0.05) is 30.6 Å². The van der Waals surface area contributed by atoms with E-state index in [4.69, 9.17) is 5.14 Å². The van der Waals surface area contributed by atoms with Crippen LogP contribution in [0.15, 0.2) is 22.5 Å². The Balaban J connectivity index is 2.40. The molecule has 1 aromatic heterocycles. The molecule has 0 saturated heterocycles. The molecular formula is C11H12N2S2. The quantitative estimate of drug-likeness (QED) is 0.758. The van der Waals surface area contributed by atoms with Gasteiger partial charge in [-0.25, -0.2) is 4.98 Å². The van der Waals surface area contributed by atoms with Crippen molar-refractivity contribution in [3.63, 3.8) is 0 Å². The number of unbranched alkanes of at least 4 members (excludes halogenated alkanes) is 1. The van der Waals surface area contributed by atoms with Gasteiger partial charge in [0.05, 0.1) is 10.2 Å². The number of fused-ring (bicyclic) bond motifs is 1. The molecule has 0 unspecified atom stereocenters. The fourth-order valence-electron chi connectivity index (χ4n) is 1.59. The third-order valence-corrected chi connectivity index (χ3v) is 3.90. The second-order valence-corrected chi connectivity index (χ2v) is 5.30. The van der Waals surface area contributed by atoms with E-state index >= 15 is 0 Å². The topological polar surface area (TPSA) is 35.2 Å². The first-order valence-corrected chi connectivity index (χ1v) is 6.64. The zero-order valence-corrected chi connectivity index (χ0v) is 10.2. The Morgan fingerprint density at radius 3 is 3.07 bits per heavy atom. The minimum atomic E-state index is 0.731. The van der Waals surface area contributed by atoms with Crippen LogP contribution in [-0.4, -0.2) is 4.98 Å². The number of para-hydroxylation sites is 1. The molecule has 0 aliphatic carbocycles. The number of benzene rings is 1. The Labute approximate surface area is 98.0 Å². The number of aryl methyl sites for hydroxylation is 1. The highest BCUT2D eigenvalue weighted by Gasteiger charge is 2.07. The van der Waals surface area contributed by atoms with E-state index in [1.807, 2.05) is 0 Å². The van der Waals surface area contributed by atoms with Crippen molar-refractivity contribution in [1.29, 1.82) is 0 Å². The van der Waals surface area contributed by atoms with Crippen LogP contribution in [0.25, 0.3) is 10.2 Å². The van der Waals surface area contributed by atoms with Crippen molar-refractivity contribution in [1.82, 2.24) is 10.1 Å². The Morgan fingerprint density at radius 1 is 1.47 bits per heavy atom. The highest BCUT2D eigenvalue weighted by Crippen LogP contribution is 2.30. The molecule has 1 heterocycles. The van der Waals surface area contributed by atoms with Crippen LogP contribution < -0.4 is 5.14 Å². The summed E-state index contributed by atoms with van der Waals surface area (Å²) < 4.78 is 1.90. The number of rotatable bonds is 4. The van der Waals surface area contributed by atoms with E-state index < -0.39 is 0 Å². The van der Waals surface area contributed by atoms with Gasteiger partial charge in [0, 0.05) is 11.9 Å². The van der Waals surface area contributed by atoms with Crippen LogP contribution >= 0.6 is 23.3 Å². The van der Waals surface area contributed by atoms with E-state index in [1.165, 1.54) is 23.1 Å². The Hall–Kier alpha value is -0.580. The van der Waals surface area contributed by atoms with Crippen LogP contribution in [0, 0.1) is 0 Å². The maximum absolute atomic E-state index is 8.97. The molecule has 78 valence electrons. The zero-order chi connectivity index (χ0) is 10.7. The van der Waals surface area contributed by atoms with Gasteiger partial charge in [0.15, 0.2) is 4.34 Å². The highest BCUT2D eigenvalue weighted by atomic mass is 32.2. The SMILES string of the molecule is CCCCc1cccc2sc(S[N])nc12. The molecule has 0 atom stereocenters. The summed E-state index contributed by atoms with van der Waals surface area (Å²) in [5.41, 5.74) is 2.36. The first kappa shape index (κ1) is 10.9. The summed E-state index contributed by atoms with van der Waals surface area (Å²) >= 11 is 2.28. The van der Waals surface area contributed by atoms with Crippen molar-refractivity contribution in [3.05, 3.63) is 23.8 Å². The van der Waals surface area contributed by atoms with Gasteiger partial charge in [0.2, 0.25) is 0 Å². The monoisotopic (exact) mass is 236 g/mol. The van der Waals surface area contributed by atoms with E-state index in [9.17, 15) is 0 Å². The van der Waals surface area contributed by atoms with Crippen LogP contribution in [0.5, 0.6) is 0 Å². The highest BCUT2D eigenvalue weighted by molar-refractivity contribution is 7.98. The summed E-state index contributed by atoms with van der Waals surface area (Å²) in [7, 11) is 0. The molecule has 2 aromatic rings. The molecule has 15 heavy (non-hydrogen) atoms. The van der Waals surface area contributed by atoms with E-state index in [0.717, 1.165) is 28.2 Å². The van der Waals surface area contributed by atoms with Gasteiger partial charge in [-0.3, -0.25) is 0 Å². The van der Waals surface area contributed by atoms with Crippen LogP contribution in [0.1, 0.15) is 25.3 Å². The van der Waals surface area contributed by atoms with Crippen molar-refractivity contribution in [3.8, 4) is 0 Å². The Bertz CT molecular complexity index is 451. The second-order valence-electron chi connectivity index (χ2n) is 3.44. The molecule has 2 radical (unpaired) electrons. The van der Waals surface area contributed by atoms with E-state index in [-0.39, 0.29) is 0 Å². The van der Waals surface area contributed by atoms with Gasteiger partial charge in [0.1, 0.15) is 0 Å². The van der Waals surface area contributed by atoms with Crippen molar-refractivity contribution >= 4 is 33.5 Å². The maximum atomic E-state index is 8.97. The lowest BCUT2D eigenvalue weighted by molar-refractivity contribution is 0.798. The third kappa shape index (κ3) is 2.33. The van der Waals surface area contributed by atoms with Gasteiger partial charge >= 0.3 is 0 Å².